The summed E-state index contributed by atoms with van der Waals surface area (Å²) >= 11 is 8.41. The van der Waals surface area contributed by atoms with Crippen LogP contribution in [0.2, 0.25) is 0 Å². The number of aromatic nitrogens is 1. The van der Waals surface area contributed by atoms with E-state index in [9.17, 15) is 9.59 Å². The number of ether oxygens (including phenoxy) is 5. The Hall–Kier alpha value is -3.09. The topological polar surface area (TPSA) is 97.6 Å². The van der Waals surface area contributed by atoms with Crippen molar-refractivity contribution in [1.29, 1.82) is 0 Å². The summed E-state index contributed by atoms with van der Waals surface area (Å²) in [4.78, 5) is 32.4. The van der Waals surface area contributed by atoms with Crippen LogP contribution >= 0.6 is 43.2 Å². The number of hydrogen-bond acceptors (Lipinski definition) is 9. The first-order valence-electron chi connectivity index (χ1n) is 12.7. The Morgan fingerprint density at radius 2 is 1.71 bits per heavy atom. The molecule has 0 bridgehead atoms. The smallest absolute Gasteiger partial charge is 0.338 e. The van der Waals surface area contributed by atoms with Crippen molar-refractivity contribution in [2.45, 2.75) is 39.8 Å². The summed E-state index contributed by atoms with van der Waals surface area (Å²) < 4.78 is 31.1. The number of halogens is 2. The molecule has 4 rings (SSSR count). The van der Waals surface area contributed by atoms with E-state index in [0.29, 0.717) is 52.5 Å². The summed E-state index contributed by atoms with van der Waals surface area (Å²) in [5, 5.41) is 0. The predicted octanol–water partition coefficient (Wildman–Crippen LogP) is 5.14. The van der Waals surface area contributed by atoms with Gasteiger partial charge in [0.05, 0.1) is 60.4 Å². The van der Waals surface area contributed by atoms with E-state index in [1.165, 1.54) is 30.1 Å². The van der Waals surface area contributed by atoms with Crippen LogP contribution in [0, 0.1) is 0 Å². The Balaban J connectivity index is 1.97. The minimum atomic E-state index is -0.829. The molecule has 0 saturated heterocycles. The van der Waals surface area contributed by atoms with E-state index in [0.717, 1.165) is 5.56 Å². The molecule has 218 valence electrons. The van der Waals surface area contributed by atoms with E-state index in [1.54, 1.807) is 45.2 Å². The van der Waals surface area contributed by atoms with Crippen molar-refractivity contribution in [1.82, 2.24) is 4.57 Å². The highest BCUT2D eigenvalue weighted by molar-refractivity contribution is 9.10. The second kappa shape index (κ2) is 12.8. The van der Waals surface area contributed by atoms with Gasteiger partial charge in [0.25, 0.3) is 5.56 Å². The van der Waals surface area contributed by atoms with Gasteiger partial charge in [-0.05, 0) is 85.1 Å². The molecule has 0 radical (unpaired) electrons. The van der Waals surface area contributed by atoms with Crippen LogP contribution < -0.4 is 33.8 Å². The van der Waals surface area contributed by atoms with Crippen LogP contribution in [0.1, 0.15) is 44.9 Å². The second-order valence-electron chi connectivity index (χ2n) is 9.23. The van der Waals surface area contributed by atoms with Gasteiger partial charge in [0.1, 0.15) is 0 Å². The highest BCUT2D eigenvalue weighted by Gasteiger charge is 2.35. The van der Waals surface area contributed by atoms with Gasteiger partial charge in [-0.2, -0.15) is 0 Å². The second-order valence-corrected chi connectivity index (χ2v) is 11.9. The summed E-state index contributed by atoms with van der Waals surface area (Å²) in [5.74, 6) is 1.50. The summed E-state index contributed by atoms with van der Waals surface area (Å²) in [6.07, 6.45) is 1.71. The lowest BCUT2D eigenvalue weighted by Crippen LogP contribution is -2.40. The van der Waals surface area contributed by atoms with Gasteiger partial charge in [0.2, 0.25) is 0 Å². The van der Waals surface area contributed by atoms with Crippen LogP contribution in [-0.2, 0) is 9.53 Å². The van der Waals surface area contributed by atoms with Gasteiger partial charge < -0.3 is 23.7 Å². The van der Waals surface area contributed by atoms with E-state index in [2.05, 4.69) is 36.9 Å². The third-order valence-electron chi connectivity index (χ3n) is 6.22. The third kappa shape index (κ3) is 6.09. The van der Waals surface area contributed by atoms with Crippen LogP contribution in [0.4, 0.5) is 0 Å². The monoisotopic (exact) mass is 708 g/mol. The van der Waals surface area contributed by atoms with Gasteiger partial charge in [-0.1, -0.05) is 27.3 Å². The molecule has 9 nitrogen and oxygen atoms in total. The maximum absolute atomic E-state index is 14.0. The zero-order valence-corrected chi connectivity index (χ0v) is 27.7. The molecule has 0 N–H and O–H groups in total. The fraction of sp³-hybridized carbons (Fsp3) is 0.345. The normalized spacial score (nSPS) is 15.0. The molecule has 1 aliphatic rings. The van der Waals surface area contributed by atoms with Gasteiger partial charge >= 0.3 is 5.97 Å². The number of allylic oxidation sites excluding steroid dienone is 1. The summed E-state index contributed by atoms with van der Waals surface area (Å²) in [5.41, 5.74) is 1.75. The zero-order chi connectivity index (χ0) is 30.0. The standard InChI is InChI=1S/C29H30Br2N2O7S/c1-8-39-28(35)24-15(4)32-29-33(25(24)17-12-20(36-5)21(37-6)13-18(17)30)27(34)23(41-29)11-16-9-19(31)26(40-14(2)3)22(10-16)38-7/h9-14,25H,8H2,1-7H3/b23-11-/t25-/m0/s1. The van der Waals surface area contributed by atoms with Crippen LogP contribution in [0.3, 0.4) is 0 Å². The van der Waals surface area contributed by atoms with Crippen molar-refractivity contribution in [3.8, 4) is 23.0 Å². The lowest BCUT2D eigenvalue weighted by molar-refractivity contribution is -0.139. The number of carbonyl (C=O) groups is 1. The molecule has 41 heavy (non-hydrogen) atoms. The molecule has 0 saturated carbocycles. The Labute approximate surface area is 258 Å². The largest absolute Gasteiger partial charge is 0.493 e. The maximum atomic E-state index is 14.0. The number of rotatable bonds is 9. The van der Waals surface area contributed by atoms with E-state index in [4.69, 9.17) is 23.7 Å². The molecule has 0 aliphatic carbocycles. The van der Waals surface area contributed by atoms with E-state index in [-0.39, 0.29) is 23.8 Å². The van der Waals surface area contributed by atoms with Gasteiger partial charge in [0, 0.05) is 4.47 Å². The number of fused-ring (bicyclic) bond motifs is 1. The van der Waals surface area contributed by atoms with Crippen LogP contribution in [0.15, 0.2) is 54.3 Å². The molecule has 0 unspecified atom stereocenters. The van der Waals surface area contributed by atoms with Crippen molar-refractivity contribution in [3.05, 3.63) is 75.3 Å². The Kier molecular flexibility index (Phi) is 9.66. The fourth-order valence-corrected chi connectivity index (χ4v) is 6.63. The molecule has 12 heteroatoms. The average molecular weight is 710 g/mol. The van der Waals surface area contributed by atoms with E-state index >= 15 is 0 Å². The number of methoxy groups -OCH3 is 3. The number of hydrogen-bond donors (Lipinski definition) is 0. The number of nitrogens with zero attached hydrogens (tertiary/aromatic N) is 2. The Morgan fingerprint density at radius 1 is 1.05 bits per heavy atom. The van der Waals surface area contributed by atoms with Crippen molar-refractivity contribution >= 4 is 55.2 Å². The summed E-state index contributed by atoms with van der Waals surface area (Å²) in [6.45, 7) is 7.50. The van der Waals surface area contributed by atoms with Crippen molar-refractivity contribution in [3.63, 3.8) is 0 Å². The number of esters is 1. The van der Waals surface area contributed by atoms with Crippen LogP contribution in [0.5, 0.6) is 23.0 Å². The number of carbonyl (C=O) groups excluding carboxylic acids is 1. The SMILES string of the molecule is CCOC(=O)C1=C(C)N=c2s/c(=C\c3cc(Br)c(OC(C)C)c(OC)c3)c(=O)n2[C@H]1c1cc(OC)c(OC)cc1Br. The molecule has 0 amide bonds. The molecule has 0 spiro atoms. The minimum Gasteiger partial charge on any atom is -0.493 e. The number of benzene rings is 2. The molecular weight excluding hydrogens is 680 g/mol. The highest BCUT2D eigenvalue weighted by atomic mass is 79.9. The fourth-order valence-electron chi connectivity index (χ4n) is 4.49. The first-order valence-corrected chi connectivity index (χ1v) is 15.1. The third-order valence-corrected chi connectivity index (χ3v) is 8.48. The molecule has 2 heterocycles. The quantitative estimate of drug-likeness (QED) is 0.284. The molecule has 0 fully saturated rings. The van der Waals surface area contributed by atoms with Gasteiger partial charge in [0.15, 0.2) is 27.8 Å². The molecule has 2 aromatic carbocycles. The first-order chi connectivity index (χ1) is 19.5. The molecule has 3 aromatic rings. The van der Waals surface area contributed by atoms with Crippen LogP contribution in [0.25, 0.3) is 6.08 Å². The van der Waals surface area contributed by atoms with Gasteiger partial charge in [-0.15, -0.1) is 0 Å². The average Bonchev–Trinajstić information content (AvgIpc) is 3.22. The highest BCUT2D eigenvalue weighted by Crippen LogP contribution is 2.41. The van der Waals surface area contributed by atoms with Gasteiger partial charge in [-0.25, -0.2) is 9.79 Å². The molecule has 1 atom stereocenters. The lowest BCUT2D eigenvalue weighted by Gasteiger charge is -2.26. The molecule has 1 aromatic heterocycles. The number of thiazole rings is 1. The van der Waals surface area contributed by atoms with E-state index < -0.39 is 12.0 Å². The minimum absolute atomic E-state index is 0.0533. The van der Waals surface area contributed by atoms with Crippen molar-refractivity contribution in [2.24, 2.45) is 4.99 Å². The lowest BCUT2D eigenvalue weighted by atomic mass is 9.95. The van der Waals surface area contributed by atoms with Crippen LogP contribution in [-0.4, -0.2) is 44.6 Å². The molecule has 1 aliphatic heterocycles. The predicted molar refractivity (Wildman–Crippen MR) is 164 cm³/mol. The van der Waals surface area contributed by atoms with E-state index in [1.807, 2.05) is 19.9 Å². The maximum Gasteiger partial charge on any atom is 0.338 e. The van der Waals surface area contributed by atoms with Crippen molar-refractivity contribution in [2.75, 3.05) is 27.9 Å². The summed E-state index contributed by atoms with van der Waals surface area (Å²) in [6, 6.07) is 6.32. The zero-order valence-electron chi connectivity index (χ0n) is 23.7. The van der Waals surface area contributed by atoms with Gasteiger partial charge in [-0.3, -0.25) is 9.36 Å². The first kappa shape index (κ1) is 30.9. The summed E-state index contributed by atoms with van der Waals surface area (Å²) in [7, 11) is 4.63. The van der Waals surface area contributed by atoms with Crippen molar-refractivity contribution < 1.29 is 28.5 Å². The Bertz CT molecular complexity index is 1710. The molecular formula is C29H30Br2N2O7S. The Morgan fingerprint density at radius 3 is 2.32 bits per heavy atom.